The van der Waals surface area contributed by atoms with Crippen LogP contribution in [0.15, 0.2) is 53.4 Å². The summed E-state index contributed by atoms with van der Waals surface area (Å²) in [5.41, 5.74) is 0.924. The number of hydrogen-bond donors (Lipinski definition) is 2. The Morgan fingerprint density at radius 1 is 1.04 bits per heavy atom. The lowest BCUT2D eigenvalue weighted by Crippen LogP contribution is -2.34. The standard InChI is InChI=1S/C19H23N3O4S/c1-26-17-7-5-16(6-8-17)21-27(24,25)18-9-3-15(4-10-18)19(23)22-13-2-11-20-12-14-22/h3-10,20-21H,2,11-14H2,1H3. The number of ether oxygens (including phenoxy) is 1. The van der Waals surface area contributed by atoms with Crippen molar-refractivity contribution in [2.24, 2.45) is 0 Å². The van der Waals surface area contributed by atoms with Crippen LogP contribution >= 0.6 is 0 Å². The number of carbonyl (C=O) groups excluding carboxylic acids is 1. The molecule has 0 radical (unpaired) electrons. The van der Waals surface area contributed by atoms with Gasteiger partial charge in [-0.05, 0) is 61.5 Å². The monoisotopic (exact) mass is 389 g/mol. The molecule has 0 aromatic heterocycles. The summed E-state index contributed by atoms with van der Waals surface area (Å²) in [6.45, 7) is 3.02. The molecule has 144 valence electrons. The Bertz CT molecular complexity index is 872. The summed E-state index contributed by atoms with van der Waals surface area (Å²) in [6, 6.07) is 12.6. The van der Waals surface area contributed by atoms with Crippen LogP contribution < -0.4 is 14.8 Å². The van der Waals surface area contributed by atoms with Gasteiger partial charge in [0.2, 0.25) is 0 Å². The summed E-state index contributed by atoms with van der Waals surface area (Å²) in [6.07, 6.45) is 0.907. The molecule has 0 unspecified atom stereocenters. The minimum atomic E-state index is -3.73. The van der Waals surface area contributed by atoms with Crippen LogP contribution in [0, 0.1) is 0 Å². The summed E-state index contributed by atoms with van der Waals surface area (Å²) in [5.74, 6) is 0.565. The smallest absolute Gasteiger partial charge is 0.261 e. The van der Waals surface area contributed by atoms with Crippen molar-refractivity contribution in [3.05, 3.63) is 54.1 Å². The predicted octanol–water partition coefficient (Wildman–Crippen LogP) is 1.93. The largest absolute Gasteiger partial charge is 0.497 e. The third-order valence-corrected chi connectivity index (χ3v) is 5.78. The van der Waals surface area contributed by atoms with Crippen molar-refractivity contribution in [1.82, 2.24) is 10.2 Å². The van der Waals surface area contributed by atoms with Gasteiger partial charge in [-0.2, -0.15) is 0 Å². The van der Waals surface area contributed by atoms with E-state index in [1.54, 1.807) is 48.4 Å². The fraction of sp³-hybridized carbons (Fsp3) is 0.316. The number of sulfonamides is 1. The highest BCUT2D eigenvalue weighted by molar-refractivity contribution is 7.92. The Hall–Kier alpha value is -2.58. The second-order valence-corrected chi connectivity index (χ2v) is 7.94. The minimum absolute atomic E-state index is 0.0780. The maximum Gasteiger partial charge on any atom is 0.261 e. The lowest BCUT2D eigenvalue weighted by atomic mass is 10.2. The molecule has 2 N–H and O–H groups in total. The average molecular weight is 389 g/mol. The van der Waals surface area contributed by atoms with E-state index < -0.39 is 10.0 Å². The molecule has 7 nitrogen and oxygen atoms in total. The first kappa shape index (κ1) is 19.2. The van der Waals surface area contributed by atoms with Crippen LogP contribution in [-0.2, 0) is 10.0 Å². The molecule has 0 aliphatic carbocycles. The van der Waals surface area contributed by atoms with E-state index >= 15 is 0 Å². The van der Waals surface area contributed by atoms with Gasteiger partial charge < -0.3 is 15.0 Å². The topological polar surface area (TPSA) is 87.7 Å². The van der Waals surface area contributed by atoms with Gasteiger partial charge in [0.1, 0.15) is 5.75 Å². The molecule has 0 saturated carbocycles. The first-order valence-electron chi connectivity index (χ1n) is 8.76. The van der Waals surface area contributed by atoms with E-state index in [0.29, 0.717) is 30.1 Å². The molecule has 1 heterocycles. The molecule has 2 aromatic carbocycles. The lowest BCUT2D eigenvalue weighted by Gasteiger charge is -2.20. The zero-order chi connectivity index (χ0) is 19.3. The molecule has 2 aromatic rings. The Morgan fingerprint density at radius 3 is 2.41 bits per heavy atom. The molecule has 8 heteroatoms. The fourth-order valence-electron chi connectivity index (χ4n) is 2.88. The van der Waals surface area contributed by atoms with E-state index in [9.17, 15) is 13.2 Å². The molecule has 3 rings (SSSR count). The van der Waals surface area contributed by atoms with Crippen LogP contribution in [0.3, 0.4) is 0 Å². The molecule has 0 spiro atoms. The van der Waals surface area contributed by atoms with E-state index in [1.807, 2.05) is 0 Å². The summed E-state index contributed by atoms with van der Waals surface area (Å²) in [4.78, 5) is 14.5. The highest BCUT2D eigenvalue weighted by Gasteiger charge is 2.19. The Balaban J connectivity index is 1.72. The summed E-state index contributed by atoms with van der Waals surface area (Å²) in [7, 11) is -2.19. The highest BCUT2D eigenvalue weighted by Crippen LogP contribution is 2.20. The zero-order valence-electron chi connectivity index (χ0n) is 15.1. The van der Waals surface area contributed by atoms with Crippen molar-refractivity contribution in [3.63, 3.8) is 0 Å². The van der Waals surface area contributed by atoms with E-state index in [-0.39, 0.29) is 10.8 Å². The molecule has 1 fully saturated rings. The van der Waals surface area contributed by atoms with E-state index in [2.05, 4.69) is 10.0 Å². The number of nitrogens with zero attached hydrogens (tertiary/aromatic N) is 1. The normalized spacial score (nSPS) is 15.1. The van der Waals surface area contributed by atoms with Crippen molar-refractivity contribution >= 4 is 21.6 Å². The maximum absolute atomic E-state index is 12.6. The summed E-state index contributed by atoms with van der Waals surface area (Å²) >= 11 is 0. The summed E-state index contributed by atoms with van der Waals surface area (Å²) < 4.78 is 32.7. The van der Waals surface area contributed by atoms with Crippen LogP contribution in [0.25, 0.3) is 0 Å². The van der Waals surface area contributed by atoms with Gasteiger partial charge in [-0.3, -0.25) is 9.52 Å². The third kappa shape index (κ3) is 4.78. The number of carbonyl (C=O) groups is 1. The molecule has 27 heavy (non-hydrogen) atoms. The molecule has 1 amide bonds. The number of benzene rings is 2. The van der Waals surface area contributed by atoms with Gasteiger partial charge in [0.05, 0.1) is 12.0 Å². The van der Waals surface area contributed by atoms with Crippen molar-refractivity contribution in [3.8, 4) is 5.75 Å². The SMILES string of the molecule is COc1ccc(NS(=O)(=O)c2ccc(C(=O)N3CCCNCC3)cc2)cc1. The number of amides is 1. The van der Waals surface area contributed by atoms with Crippen molar-refractivity contribution < 1.29 is 17.9 Å². The van der Waals surface area contributed by atoms with Crippen LogP contribution in [0.5, 0.6) is 5.75 Å². The molecule has 1 aliphatic heterocycles. The second-order valence-electron chi connectivity index (χ2n) is 6.25. The van der Waals surface area contributed by atoms with Crippen LogP contribution in [-0.4, -0.2) is 52.5 Å². The zero-order valence-corrected chi connectivity index (χ0v) is 16.0. The van der Waals surface area contributed by atoms with Crippen molar-refractivity contribution in [1.29, 1.82) is 0 Å². The predicted molar refractivity (Wildman–Crippen MR) is 104 cm³/mol. The van der Waals surface area contributed by atoms with Crippen molar-refractivity contribution in [2.45, 2.75) is 11.3 Å². The van der Waals surface area contributed by atoms with E-state index in [4.69, 9.17) is 4.74 Å². The Morgan fingerprint density at radius 2 is 1.74 bits per heavy atom. The first-order valence-corrected chi connectivity index (χ1v) is 10.2. The quantitative estimate of drug-likeness (QED) is 0.816. The maximum atomic E-state index is 12.6. The van der Waals surface area contributed by atoms with Gasteiger partial charge in [0, 0.05) is 30.9 Å². The molecule has 0 atom stereocenters. The van der Waals surface area contributed by atoms with Gasteiger partial charge in [-0.15, -0.1) is 0 Å². The molecular formula is C19H23N3O4S. The number of methoxy groups -OCH3 is 1. The van der Waals surface area contributed by atoms with Crippen LogP contribution in [0.2, 0.25) is 0 Å². The Labute approximate surface area is 159 Å². The molecule has 1 aliphatic rings. The highest BCUT2D eigenvalue weighted by atomic mass is 32.2. The minimum Gasteiger partial charge on any atom is -0.497 e. The molecule has 0 bridgehead atoms. The number of nitrogens with one attached hydrogen (secondary N) is 2. The van der Waals surface area contributed by atoms with E-state index in [1.165, 1.54) is 12.1 Å². The molecular weight excluding hydrogens is 366 g/mol. The second kappa shape index (κ2) is 8.41. The lowest BCUT2D eigenvalue weighted by molar-refractivity contribution is 0.0766. The molecule has 1 saturated heterocycles. The van der Waals surface area contributed by atoms with Gasteiger partial charge in [0.25, 0.3) is 15.9 Å². The fourth-order valence-corrected chi connectivity index (χ4v) is 3.94. The number of hydrogen-bond acceptors (Lipinski definition) is 5. The summed E-state index contributed by atoms with van der Waals surface area (Å²) in [5, 5.41) is 3.25. The average Bonchev–Trinajstić information content (AvgIpc) is 2.97. The van der Waals surface area contributed by atoms with Gasteiger partial charge in [0.15, 0.2) is 0 Å². The van der Waals surface area contributed by atoms with Gasteiger partial charge in [-0.25, -0.2) is 8.42 Å². The van der Waals surface area contributed by atoms with Crippen LogP contribution in [0.4, 0.5) is 5.69 Å². The first-order chi connectivity index (χ1) is 13.0. The Kier molecular flexibility index (Phi) is 5.98. The van der Waals surface area contributed by atoms with E-state index in [0.717, 1.165) is 19.5 Å². The van der Waals surface area contributed by atoms with Gasteiger partial charge in [-0.1, -0.05) is 0 Å². The van der Waals surface area contributed by atoms with Gasteiger partial charge >= 0.3 is 0 Å². The third-order valence-electron chi connectivity index (χ3n) is 4.38. The number of anilines is 1. The van der Waals surface area contributed by atoms with Crippen molar-refractivity contribution in [2.75, 3.05) is 38.0 Å². The number of rotatable bonds is 5. The van der Waals surface area contributed by atoms with Crippen LogP contribution in [0.1, 0.15) is 16.8 Å².